The number of pyridine rings is 1. The number of rotatable bonds is 2. The number of aromatic nitrogens is 1. The summed E-state index contributed by atoms with van der Waals surface area (Å²) in [6.07, 6.45) is 5.38. The molecular weight excluding hydrogens is 232 g/mol. The Morgan fingerprint density at radius 2 is 2.05 bits per heavy atom. The molecule has 2 nitrogen and oxygen atoms in total. The molecule has 0 fully saturated rings. The van der Waals surface area contributed by atoms with Gasteiger partial charge in [0.15, 0.2) is 0 Å². The number of nitrogens with two attached hydrogens (primary N) is 1. The molecule has 2 N–H and O–H groups in total. The van der Waals surface area contributed by atoms with E-state index in [-0.39, 0.29) is 6.04 Å². The number of aryl methyl sites for hydroxylation is 2. The monoisotopic (exact) mass is 252 g/mol. The third kappa shape index (κ3) is 2.28. The standard InChI is InChI=1S/C17H20N2/c1-12-6-2-3-9-14(12)16(18)15-10-4-7-13-8-5-11-19-17(13)15/h2-3,5-6,8-9,11,15-16H,4,7,10,18H2,1H3. The molecule has 1 aromatic heterocycles. The van der Waals surface area contributed by atoms with E-state index >= 15 is 0 Å². The molecule has 1 aliphatic rings. The van der Waals surface area contributed by atoms with Crippen molar-refractivity contribution in [2.45, 2.75) is 38.1 Å². The first-order valence-electron chi connectivity index (χ1n) is 7.02. The second kappa shape index (κ2) is 5.14. The highest BCUT2D eigenvalue weighted by Gasteiger charge is 2.28. The summed E-state index contributed by atoms with van der Waals surface area (Å²) < 4.78 is 0. The molecule has 3 rings (SSSR count). The highest BCUT2D eigenvalue weighted by molar-refractivity contribution is 5.34. The first-order chi connectivity index (χ1) is 9.27. The van der Waals surface area contributed by atoms with E-state index in [0.29, 0.717) is 5.92 Å². The third-order valence-electron chi connectivity index (χ3n) is 4.22. The van der Waals surface area contributed by atoms with Crippen LogP contribution >= 0.6 is 0 Å². The van der Waals surface area contributed by atoms with Crippen LogP contribution in [0.3, 0.4) is 0 Å². The average Bonchev–Trinajstić information content (AvgIpc) is 2.46. The van der Waals surface area contributed by atoms with Crippen LogP contribution in [0.1, 0.15) is 47.2 Å². The van der Waals surface area contributed by atoms with Crippen molar-refractivity contribution >= 4 is 0 Å². The van der Waals surface area contributed by atoms with Gasteiger partial charge in [-0.3, -0.25) is 4.98 Å². The summed E-state index contributed by atoms with van der Waals surface area (Å²) in [6.45, 7) is 2.14. The van der Waals surface area contributed by atoms with E-state index in [1.165, 1.54) is 28.8 Å². The fourth-order valence-corrected chi connectivity index (χ4v) is 3.17. The Morgan fingerprint density at radius 1 is 1.21 bits per heavy atom. The number of hydrogen-bond donors (Lipinski definition) is 1. The molecule has 0 radical (unpaired) electrons. The maximum Gasteiger partial charge on any atom is 0.0485 e. The van der Waals surface area contributed by atoms with Crippen LogP contribution in [-0.2, 0) is 6.42 Å². The van der Waals surface area contributed by atoms with Gasteiger partial charge in [-0.05, 0) is 48.9 Å². The minimum Gasteiger partial charge on any atom is -0.323 e. The summed E-state index contributed by atoms with van der Waals surface area (Å²) in [6, 6.07) is 12.7. The quantitative estimate of drug-likeness (QED) is 0.888. The molecule has 2 heteroatoms. The number of fused-ring (bicyclic) bond motifs is 1. The van der Waals surface area contributed by atoms with Gasteiger partial charge in [-0.2, -0.15) is 0 Å². The van der Waals surface area contributed by atoms with E-state index in [4.69, 9.17) is 5.73 Å². The number of hydrogen-bond acceptors (Lipinski definition) is 2. The maximum absolute atomic E-state index is 6.55. The van der Waals surface area contributed by atoms with Gasteiger partial charge in [0.05, 0.1) is 0 Å². The number of nitrogens with zero attached hydrogens (tertiary/aromatic N) is 1. The van der Waals surface area contributed by atoms with Gasteiger partial charge in [-0.1, -0.05) is 30.3 Å². The molecule has 2 aromatic rings. The first-order valence-corrected chi connectivity index (χ1v) is 7.02. The summed E-state index contributed by atoms with van der Waals surface area (Å²) in [5.41, 5.74) is 11.7. The summed E-state index contributed by atoms with van der Waals surface area (Å²) in [5.74, 6) is 0.353. The molecule has 98 valence electrons. The van der Waals surface area contributed by atoms with Crippen LogP contribution in [0, 0.1) is 6.92 Å². The topological polar surface area (TPSA) is 38.9 Å². The minimum atomic E-state index is 0.0511. The second-order valence-electron chi connectivity index (χ2n) is 5.43. The lowest BCUT2D eigenvalue weighted by molar-refractivity contribution is 0.461. The Morgan fingerprint density at radius 3 is 2.89 bits per heavy atom. The highest BCUT2D eigenvalue weighted by atomic mass is 14.7. The van der Waals surface area contributed by atoms with E-state index in [9.17, 15) is 0 Å². The summed E-state index contributed by atoms with van der Waals surface area (Å²) in [4.78, 5) is 4.60. The van der Waals surface area contributed by atoms with E-state index in [1.807, 2.05) is 12.3 Å². The second-order valence-corrected chi connectivity index (χ2v) is 5.43. The summed E-state index contributed by atoms with van der Waals surface area (Å²) >= 11 is 0. The molecule has 0 spiro atoms. The van der Waals surface area contributed by atoms with Crippen molar-refractivity contribution in [2.24, 2.45) is 5.73 Å². The van der Waals surface area contributed by atoms with Gasteiger partial charge in [-0.25, -0.2) is 0 Å². The molecule has 0 saturated carbocycles. The van der Waals surface area contributed by atoms with E-state index < -0.39 is 0 Å². The van der Waals surface area contributed by atoms with E-state index in [2.05, 4.69) is 42.2 Å². The van der Waals surface area contributed by atoms with Crippen LogP contribution in [0.5, 0.6) is 0 Å². The fourth-order valence-electron chi connectivity index (χ4n) is 3.17. The van der Waals surface area contributed by atoms with Crippen LogP contribution in [-0.4, -0.2) is 4.98 Å². The zero-order valence-corrected chi connectivity index (χ0v) is 11.3. The Kier molecular flexibility index (Phi) is 3.34. The van der Waals surface area contributed by atoms with Gasteiger partial charge in [0.2, 0.25) is 0 Å². The Balaban J connectivity index is 1.98. The van der Waals surface area contributed by atoms with Crippen molar-refractivity contribution in [1.82, 2.24) is 4.98 Å². The molecule has 2 atom stereocenters. The molecule has 2 unspecified atom stereocenters. The molecule has 0 bridgehead atoms. The Hall–Kier alpha value is -1.67. The van der Waals surface area contributed by atoms with E-state index in [1.54, 1.807) is 0 Å². The van der Waals surface area contributed by atoms with Crippen LogP contribution in [0.15, 0.2) is 42.6 Å². The fraction of sp³-hybridized carbons (Fsp3) is 0.353. The molecule has 1 aromatic carbocycles. The zero-order chi connectivity index (χ0) is 13.2. The normalized spacial score (nSPS) is 19.8. The van der Waals surface area contributed by atoms with Gasteiger partial charge in [0.1, 0.15) is 0 Å². The van der Waals surface area contributed by atoms with Crippen LogP contribution < -0.4 is 5.73 Å². The first kappa shape index (κ1) is 12.4. The number of benzene rings is 1. The Bertz CT molecular complexity index is 577. The molecule has 0 aliphatic heterocycles. The highest BCUT2D eigenvalue weighted by Crippen LogP contribution is 2.38. The van der Waals surface area contributed by atoms with Crippen molar-refractivity contribution in [2.75, 3.05) is 0 Å². The lowest BCUT2D eigenvalue weighted by Gasteiger charge is -2.30. The molecule has 1 aliphatic carbocycles. The lowest BCUT2D eigenvalue weighted by Crippen LogP contribution is -2.25. The lowest BCUT2D eigenvalue weighted by atomic mass is 9.79. The van der Waals surface area contributed by atoms with Crippen molar-refractivity contribution in [3.8, 4) is 0 Å². The SMILES string of the molecule is Cc1ccccc1C(N)C1CCCc2cccnc21. The molecule has 0 amide bonds. The largest absolute Gasteiger partial charge is 0.323 e. The maximum atomic E-state index is 6.55. The average molecular weight is 252 g/mol. The van der Waals surface area contributed by atoms with Crippen LogP contribution in [0.25, 0.3) is 0 Å². The van der Waals surface area contributed by atoms with E-state index in [0.717, 1.165) is 12.8 Å². The predicted molar refractivity (Wildman–Crippen MR) is 78.0 cm³/mol. The van der Waals surface area contributed by atoms with Crippen molar-refractivity contribution in [1.29, 1.82) is 0 Å². The van der Waals surface area contributed by atoms with Crippen molar-refractivity contribution < 1.29 is 0 Å². The summed E-state index contributed by atoms with van der Waals surface area (Å²) in [5, 5.41) is 0. The molecule has 19 heavy (non-hydrogen) atoms. The minimum absolute atomic E-state index is 0.0511. The van der Waals surface area contributed by atoms with Gasteiger partial charge in [0.25, 0.3) is 0 Å². The van der Waals surface area contributed by atoms with Crippen LogP contribution in [0.2, 0.25) is 0 Å². The summed E-state index contributed by atoms with van der Waals surface area (Å²) in [7, 11) is 0. The van der Waals surface area contributed by atoms with Gasteiger partial charge >= 0.3 is 0 Å². The Labute approximate surface area is 114 Å². The third-order valence-corrected chi connectivity index (χ3v) is 4.22. The van der Waals surface area contributed by atoms with Crippen LogP contribution in [0.4, 0.5) is 0 Å². The zero-order valence-electron chi connectivity index (χ0n) is 11.3. The van der Waals surface area contributed by atoms with Gasteiger partial charge < -0.3 is 5.73 Å². The van der Waals surface area contributed by atoms with Gasteiger partial charge in [0, 0.05) is 23.9 Å². The molecular formula is C17H20N2. The molecule has 1 heterocycles. The predicted octanol–water partition coefficient (Wildman–Crippen LogP) is 3.51. The van der Waals surface area contributed by atoms with Crippen molar-refractivity contribution in [3.05, 3.63) is 65.0 Å². The van der Waals surface area contributed by atoms with Gasteiger partial charge in [-0.15, -0.1) is 0 Å². The molecule has 0 saturated heterocycles. The smallest absolute Gasteiger partial charge is 0.0485 e. The van der Waals surface area contributed by atoms with Crippen molar-refractivity contribution in [3.63, 3.8) is 0 Å².